The minimum Gasteiger partial charge on any atom is -0.312 e. The highest BCUT2D eigenvalue weighted by Gasteiger charge is 2.20. The first-order chi connectivity index (χ1) is 7.63. The Hall–Kier alpha value is -1.11. The summed E-state index contributed by atoms with van der Waals surface area (Å²) in [5.41, 5.74) is 0.835. The highest BCUT2D eigenvalue weighted by Crippen LogP contribution is 2.27. The second-order valence-corrected chi connectivity index (χ2v) is 3.99. The van der Waals surface area contributed by atoms with Gasteiger partial charge in [-0.25, -0.2) is 4.39 Å². The average Bonchev–Trinajstić information content (AvgIpc) is 2.29. The first-order valence-corrected chi connectivity index (χ1v) is 5.53. The lowest BCUT2D eigenvalue weighted by Gasteiger charge is -2.21. The first kappa shape index (κ1) is 13.0. The summed E-state index contributed by atoms with van der Waals surface area (Å²) in [5, 5.41) is 12.2. The third-order valence-corrected chi connectivity index (χ3v) is 2.91. The van der Waals surface area contributed by atoms with Crippen LogP contribution >= 0.6 is 11.6 Å². The molecule has 1 rings (SSSR count). The van der Waals surface area contributed by atoms with Gasteiger partial charge in [0, 0.05) is 6.04 Å². The number of nitrogens with one attached hydrogen (secondary N) is 1. The van der Waals surface area contributed by atoms with Crippen molar-refractivity contribution in [2.45, 2.75) is 19.4 Å². The van der Waals surface area contributed by atoms with Gasteiger partial charge in [0.1, 0.15) is 5.82 Å². The standard InChI is InChI=1S/C12H14ClFN2/c1-3-8(7-15)12(16-2)9-4-5-11(14)10(13)6-9/h4-6,8,12,16H,3H2,1-2H3. The van der Waals surface area contributed by atoms with E-state index in [1.165, 1.54) is 6.07 Å². The molecular weight excluding hydrogens is 227 g/mol. The maximum atomic E-state index is 13.0. The molecule has 86 valence electrons. The van der Waals surface area contributed by atoms with E-state index in [2.05, 4.69) is 11.4 Å². The molecular formula is C12H14ClFN2. The first-order valence-electron chi connectivity index (χ1n) is 5.15. The van der Waals surface area contributed by atoms with Gasteiger partial charge in [0.05, 0.1) is 17.0 Å². The van der Waals surface area contributed by atoms with Crippen LogP contribution in [-0.2, 0) is 0 Å². The van der Waals surface area contributed by atoms with Crippen LogP contribution in [0.15, 0.2) is 18.2 Å². The van der Waals surface area contributed by atoms with Crippen LogP contribution < -0.4 is 5.32 Å². The van der Waals surface area contributed by atoms with Crippen LogP contribution in [0.3, 0.4) is 0 Å². The summed E-state index contributed by atoms with van der Waals surface area (Å²) in [6.07, 6.45) is 0.733. The van der Waals surface area contributed by atoms with E-state index in [-0.39, 0.29) is 17.0 Å². The van der Waals surface area contributed by atoms with E-state index in [1.54, 1.807) is 19.2 Å². The molecule has 0 fully saturated rings. The molecule has 1 N–H and O–H groups in total. The predicted octanol–water partition coefficient (Wildman–Crippen LogP) is 3.29. The second kappa shape index (κ2) is 5.83. The topological polar surface area (TPSA) is 35.8 Å². The van der Waals surface area contributed by atoms with Crippen LogP contribution in [0.2, 0.25) is 5.02 Å². The van der Waals surface area contributed by atoms with Gasteiger partial charge in [0.25, 0.3) is 0 Å². The molecule has 0 spiro atoms. The fourth-order valence-electron chi connectivity index (χ4n) is 1.71. The summed E-state index contributed by atoms with van der Waals surface area (Å²) < 4.78 is 13.0. The fraction of sp³-hybridized carbons (Fsp3) is 0.417. The minimum atomic E-state index is -0.440. The van der Waals surface area contributed by atoms with Crippen molar-refractivity contribution in [3.8, 4) is 6.07 Å². The van der Waals surface area contributed by atoms with Gasteiger partial charge in [-0.05, 0) is 31.2 Å². The molecule has 2 unspecified atom stereocenters. The maximum Gasteiger partial charge on any atom is 0.141 e. The molecule has 0 amide bonds. The average molecular weight is 241 g/mol. The molecule has 0 aliphatic carbocycles. The molecule has 0 saturated carbocycles. The minimum absolute atomic E-state index is 0.0885. The number of rotatable bonds is 4. The molecule has 0 aromatic heterocycles. The van der Waals surface area contributed by atoms with Gasteiger partial charge in [-0.1, -0.05) is 24.6 Å². The van der Waals surface area contributed by atoms with E-state index in [4.69, 9.17) is 16.9 Å². The van der Waals surface area contributed by atoms with Gasteiger partial charge in [0.15, 0.2) is 0 Å². The van der Waals surface area contributed by atoms with E-state index in [1.807, 2.05) is 6.92 Å². The van der Waals surface area contributed by atoms with Gasteiger partial charge >= 0.3 is 0 Å². The molecule has 2 nitrogen and oxygen atoms in total. The van der Waals surface area contributed by atoms with Gasteiger partial charge in [-0.15, -0.1) is 0 Å². The number of hydrogen-bond donors (Lipinski definition) is 1. The monoisotopic (exact) mass is 240 g/mol. The highest BCUT2D eigenvalue weighted by molar-refractivity contribution is 6.30. The zero-order valence-corrected chi connectivity index (χ0v) is 10.1. The van der Waals surface area contributed by atoms with E-state index < -0.39 is 5.82 Å². The number of benzene rings is 1. The lowest BCUT2D eigenvalue weighted by molar-refractivity contribution is 0.448. The molecule has 16 heavy (non-hydrogen) atoms. The molecule has 1 aromatic rings. The Morgan fingerprint density at radius 1 is 1.56 bits per heavy atom. The lowest BCUT2D eigenvalue weighted by Crippen LogP contribution is -2.24. The molecule has 4 heteroatoms. The molecule has 2 atom stereocenters. The van der Waals surface area contributed by atoms with E-state index in [0.29, 0.717) is 0 Å². The van der Waals surface area contributed by atoms with Crippen molar-refractivity contribution in [3.63, 3.8) is 0 Å². The Morgan fingerprint density at radius 2 is 2.25 bits per heavy atom. The number of nitriles is 1. The van der Waals surface area contributed by atoms with E-state index >= 15 is 0 Å². The summed E-state index contributed by atoms with van der Waals surface area (Å²) in [6, 6.07) is 6.67. The van der Waals surface area contributed by atoms with Gasteiger partial charge in [-0.3, -0.25) is 0 Å². The van der Waals surface area contributed by atoms with E-state index in [9.17, 15) is 4.39 Å². The Bertz CT molecular complexity index is 400. The molecule has 0 aliphatic heterocycles. The van der Waals surface area contributed by atoms with Gasteiger partial charge in [0.2, 0.25) is 0 Å². The van der Waals surface area contributed by atoms with Crippen molar-refractivity contribution >= 4 is 11.6 Å². The second-order valence-electron chi connectivity index (χ2n) is 3.58. The van der Waals surface area contributed by atoms with Crippen LogP contribution in [0.1, 0.15) is 24.9 Å². The Labute approximate surface area is 100 Å². The third-order valence-electron chi connectivity index (χ3n) is 2.62. The summed E-state index contributed by atoms with van der Waals surface area (Å²) in [4.78, 5) is 0. The molecule has 1 aromatic carbocycles. The van der Waals surface area contributed by atoms with Crippen LogP contribution in [0.5, 0.6) is 0 Å². The number of nitrogens with zero attached hydrogens (tertiary/aromatic N) is 1. The quantitative estimate of drug-likeness (QED) is 0.877. The Balaban J connectivity index is 3.04. The van der Waals surface area contributed by atoms with Crippen molar-refractivity contribution in [3.05, 3.63) is 34.6 Å². The van der Waals surface area contributed by atoms with Gasteiger partial charge in [-0.2, -0.15) is 5.26 Å². The smallest absolute Gasteiger partial charge is 0.141 e. The summed E-state index contributed by atoms with van der Waals surface area (Å²) in [6.45, 7) is 1.95. The lowest BCUT2D eigenvalue weighted by atomic mass is 9.92. The zero-order chi connectivity index (χ0) is 12.1. The molecule has 0 bridgehead atoms. The van der Waals surface area contributed by atoms with Crippen molar-refractivity contribution < 1.29 is 4.39 Å². The molecule has 0 heterocycles. The summed E-state index contributed by atoms with van der Waals surface area (Å²) in [7, 11) is 1.78. The van der Waals surface area contributed by atoms with Crippen molar-refractivity contribution in [2.24, 2.45) is 5.92 Å². The van der Waals surface area contributed by atoms with Crippen molar-refractivity contribution in [1.82, 2.24) is 5.32 Å². The maximum absolute atomic E-state index is 13.0. The third kappa shape index (κ3) is 2.72. The Morgan fingerprint density at radius 3 is 2.69 bits per heavy atom. The van der Waals surface area contributed by atoms with Crippen LogP contribution in [-0.4, -0.2) is 7.05 Å². The largest absolute Gasteiger partial charge is 0.312 e. The predicted molar refractivity (Wildman–Crippen MR) is 62.6 cm³/mol. The summed E-state index contributed by atoms with van der Waals surface area (Å²) in [5.74, 6) is -0.586. The number of hydrogen-bond acceptors (Lipinski definition) is 2. The van der Waals surface area contributed by atoms with Crippen LogP contribution in [0.4, 0.5) is 4.39 Å². The molecule has 0 radical (unpaired) electrons. The SMILES string of the molecule is CCC(C#N)C(NC)c1ccc(F)c(Cl)c1. The van der Waals surface area contributed by atoms with Crippen molar-refractivity contribution in [2.75, 3.05) is 7.05 Å². The summed E-state index contributed by atoms with van der Waals surface area (Å²) >= 11 is 5.72. The van der Waals surface area contributed by atoms with Crippen molar-refractivity contribution in [1.29, 1.82) is 5.26 Å². The van der Waals surface area contributed by atoms with Crippen LogP contribution in [0.25, 0.3) is 0 Å². The fourth-order valence-corrected chi connectivity index (χ4v) is 1.90. The highest BCUT2D eigenvalue weighted by atomic mass is 35.5. The van der Waals surface area contributed by atoms with Gasteiger partial charge < -0.3 is 5.32 Å². The normalized spacial score (nSPS) is 14.2. The molecule has 0 aliphatic rings. The number of halogens is 2. The van der Waals surface area contributed by atoms with E-state index in [0.717, 1.165) is 12.0 Å². The molecule has 0 saturated heterocycles. The zero-order valence-electron chi connectivity index (χ0n) is 9.30. The van der Waals surface area contributed by atoms with Crippen LogP contribution in [0, 0.1) is 23.1 Å². The Kier molecular flexibility index (Phi) is 4.72.